The molecule has 0 aliphatic carbocycles. The largest absolute Gasteiger partial charge is 0.497 e. The van der Waals surface area contributed by atoms with Crippen LogP contribution in [0, 0.1) is 11.7 Å². The Kier molecular flexibility index (Phi) is 3.47. The Balaban J connectivity index is 3.05. The Morgan fingerprint density at radius 2 is 2.00 bits per heavy atom. The van der Waals surface area contributed by atoms with Crippen LogP contribution in [0.15, 0.2) is 18.2 Å². The van der Waals surface area contributed by atoms with E-state index in [1.54, 1.807) is 0 Å². The first-order chi connectivity index (χ1) is 6.56. The molecule has 0 aliphatic heterocycles. The minimum absolute atomic E-state index is 0.0170. The molecule has 14 heavy (non-hydrogen) atoms. The molecule has 0 aromatic heterocycles. The van der Waals surface area contributed by atoms with Crippen LogP contribution < -0.4 is 4.74 Å². The quantitative estimate of drug-likeness (QED) is 0.808. The fourth-order valence-corrected chi connectivity index (χ4v) is 1.23. The van der Waals surface area contributed by atoms with Crippen molar-refractivity contribution in [3.05, 3.63) is 29.6 Å². The SMILES string of the molecule is COc1ccc(F)c(C(O)C(C)C)c1. The van der Waals surface area contributed by atoms with Gasteiger partial charge in [0, 0.05) is 5.56 Å². The highest BCUT2D eigenvalue weighted by atomic mass is 19.1. The lowest BCUT2D eigenvalue weighted by molar-refractivity contribution is 0.122. The predicted molar refractivity (Wildman–Crippen MR) is 52.7 cm³/mol. The number of benzene rings is 1. The highest BCUT2D eigenvalue weighted by Gasteiger charge is 2.16. The van der Waals surface area contributed by atoms with Gasteiger partial charge in [-0.1, -0.05) is 13.8 Å². The minimum atomic E-state index is -0.787. The van der Waals surface area contributed by atoms with Gasteiger partial charge in [0.1, 0.15) is 11.6 Å². The van der Waals surface area contributed by atoms with Crippen molar-refractivity contribution in [2.45, 2.75) is 20.0 Å². The van der Waals surface area contributed by atoms with Crippen LogP contribution >= 0.6 is 0 Å². The summed E-state index contributed by atoms with van der Waals surface area (Å²) in [6, 6.07) is 4.37. The molecule has 0 fully saturated rings. The number of halogens is 1. The summed E-state index contributed by atoms with van der Waals surface area (Å²) >= 11 is 0. The van der Waals surface area contributed by atoms with Crippen molar-refractivity contribution in [1.82, 2.24) is 0 Å². The van der Waals surface area contributed by atoms with Crippen molar-refractivity contribution in [2.24, 2.45) is 5.92 Å². The number of hydrogen-bond donors (Lipinski definition) is 1. The normalized spacial score (nSPS) is 13.0. The van der Waals surface area contributed by atoms with Gasteiger partial charge in [0.15, 0.2) is 0 Å². The maximum absolute atomic E-state index is 13.3. The Bertz CT molecular complexity index is 310. The first-order valence-corrected chi connectivity index (χ1v) is 4.57. The molecule has 0 aliphatic rings. The van der Waals surface area contributed by atoms with E-state index in [1.165, 1.54) is 25.3 Å². The second kappa shape index (κ2) is 4.42. The molecule has 0 amide bonds. The zero-order valence-corrected chi connectivity index (χ0v) is 8.62. The van der Waals surface area contributed by atoms with Crippen LogP contribution in [0.1, 0.15) is 25.5 Å². The zero-order valence-electron chi connectivity index (χ0n) is 8.62. The molecular formula is C11H15FO2. The van der Waals surface area contributed by atoms with Gasteiger partial charge in [0.05, 0.1) is 13.2 Å². The lowest BCUT2D eigenvalue weighted by Gasteiger charge is -2.16. The molecule has 3 heteroatoms. The molecule has 0 bridgehead atoms. The van der Waals surface area contributed by atoms with E-state index in [2.05, 4.69) is 0 Å². The Hall–Kier alpha value is -1.09. The van der Waals surface area contributed by atoms with E-state index in [1.807, 2.05) is 13.8 Å². The van der Waals surface area contributed by atoms with Crippen LogP contribution in [-0.4, -0.2) is 12.2 Å². The molecule has 2 nitrogen and oxygen atoms in total. The summed E-state index contributed by atoms with van der Waals surface area (Å²) in [6.45, 7) is 3.67. The molecule has 0 saturated carbocycles. The molecule has 1 unspecified atom stereocenters. The van der Waals surface area contributed by atoms with Crippen molar-refractivity contribution >= 4 is 0 Å². The van der Waals surface area contributed by atoms with Gasteiger partial charge in [-0.15, -0.1) is 0 Å². The molecule has 1 aromatic rings. The zero-order chi connectivity index (χ0) is 10.7. The van der Waals surface area contributed by atoms with Gasteiger partial charge in [-0.25, -0.2) is 4.39 Å². The van der Waals surface area contributed by atoms with Gasteiger partial charge in [0.25, 0.3) is 0 Å². The molecule has 0 spiro atoms. The minimum Gasteiger partial charge on any atom is -0.497 e. The summed E-state index contributed by atoms with van der Waals surface area (Å²) in [5.74, 6) is 0.143. The van der Waals surface area contributed by atoms with Crippen LogP contribution in [0.25, 0.3) is 0 Å². The first-order valence-electron chi connectivity index (χ1n) is 4.57. The smallest absolute Gasteiger partial charge is 0.129 e. The third-order valence-electron chi connectivity index (χ3n) is 2.15. The summed E-state index contributed by atoms with van der Waals surface area (Å²) < 4.78 is 18.3. The fraction of sp³-hybridized carbons (Fsp3) is 0.455. The maximum Gasteiger partial charge on any atom is 0.129 e. The molecule has 1 aromatic carbocycles. The maximum atomic E-state index is 13.3. The average molecular weight is 198 g/mol. The van der Waals surface area contributed by atoms with E-state index in [-0.39, 0.29) is 5.92 Å². The standard InChI is InChI=1S/C11H15FO2/c1-7(2)11(13)9-6-8(14-3)4-5-10(9)12/h4-7,11,13H,1-3H3. The van der Waals surface area contributed by atoms with Crippen LogP contribution in [0.2, 0.25) is 0 Å². The number of methoxy groups -OCH3 is 1. The van der Waals surface area contributed by atoms with Crippen LogP contribution in [0.4, 0.5) is 4.39 Å². The highest BCUT2D eigenvalue weighted by Crippen LogP contribution is 2.27. The summed E-state index contributed by atoms with van der Waals surface area (Å²) in [5, 5.41) is 9.70. The Morgan fingerprint density at radius 3 is 2.50 bits per heavy atom. The van der Waals surface area contributed by atoms with Gasteiger partial charge in [-0.2, -0.15) is 0 Å². The molecule has 1 atom stereocenters. The van der Waals surface area contributed by atoms with Crippen molar-refractivity contribution in [2.75, 3.05) is 7.11 Å². The van der Waals surface area contributed by atoms with Gasteiger partial charge in [-0.3, -0.25) is 0 Å². The molecule has 1 N–H and O–H groups in total. The number of aliphatic hydroxyl groups is 1. The monoisotopic (exact) mass is 198 g/mol. The van der Waals surface area contributed by atoms with Crippen molar-refractivity contribution in [3.63, 3.8) is 0 Å². The van der Waals surface area contributed by atoms with Crippen molar-refractivity contribution < 1.29 is 14.2 Å². The van der Waals surface area contributed by atoms with E-state index in [4.69, 9.17) is 4.74 Å². The Labute approximate surface area is 83.3 Å². The molecular weight excluding hydrogens is 183 g/mol. The van der Waals surface area contributed by atoms with E-state index in [0.717, 1.165) is 0 Å². The molecule has 0 saturated heterocycles. The molecule has 78 valence electrons. The molecule has 0 radical (unpaired) electrons. The molecule has 0 heterocycles. The van der Waals surface area contributed by atoms with Gasteiger partial charge >= 0.3 is 0 Å². The third kappa shape index (κ3) is 2.23. The lowest BCUT2D eigenvalue weighted by Crippen LogP contribution is -2.07. The van der Waals surface area contributed by atoms with Crippen LogP contribution in [0.3, 0.4) is 0 Å². The number of aliphatic hydroxyl groups excluding tert-OH is 1. The van der Waals surface area contributed by atoms with E-state index >= 15 is 0 Å². The first kappa shape index (κ1) is 11.0. The summed E-state index contributed by atoms with van der Waals surface area (Å²) in [6.07, 6.45) is -0.787. The number of ether oxygens (including phenoxy) is 1. The molecule has 1 rings (SSSR count). The van der Waals surface area contributed by atoms with E-state index in [0.29, 0.717) is 11.3 Å². The fourth-order valence-electron chi connectivity index (χ4n) is 1.23. The topological polar surface area (TPSA) is 29.5 Å². The Morgan fingerprint density at radius 1 is 1.36 bits per heavy atom. The summed E-state index contributed by atoms with van der Waals surface area (Å²) in [4.78, 5) is 0. The van der Waals surface area contributed by atoms with E-state index in [9.17, 15) is 9.50 Å². The lowest BCUT2D eigenvalue weighted by atomic mass is 9.98. The van der Waals surface area contributed by atoms with Gasteiger partial charge in [0.2, 0.25) is 0 Å². The van der Waals surface area contributed by atoms with Crippen LogP contribution in [0.5, 0.6) is 5.75 Å². The van der Waals surface area contributed by atoms with Crippen molar-refractivity contribution in [3.8, 4) is 5.75 Å². The van der Waals surface area contributed by atoms with Crippen molar-refractivity contribution in [1.29, 1.82) is 0 Å². The average Bonchev–Trinajstić information content (AvgIpc) is 2.17. The highest BCUT2D eigenvalue weighted by molar-refractivity contribution is 5.31. The van der Waals surface area contributed by atoms with Crippen LogP contribution in [-0.2, 0) is 0 Å². The number of hydrogen-bond acceptors (Lipinski definition) is 2. The second-order valence-corrected chi connectivity index (χ2v) is 3.58. The summed E-state index contributed by atoms with van der Waals surface area (Å²) in [5.41, 5.74) is 0.291. The predicted octanol–water partition coefficient (Wildman–Crippen LogP) is 2.52. The third-order valence-corrected chi connectivity index (χ3v) is 2.15. The number of rotatable bonds is 3. The summed E-state index contributed by atoms with van der Waals surface area (Å²) in [7, 11) is 1.51. The second-order valence-electron chi connectivity index (χ2n) is 3.58. The van der Waals surface area contributed by atoms with E-state index < -0.39 is 11.9 Å². The van der Waals surface area contributed by atoms with Gasteiger partial charge in [-0.05, 0) is 24.1 Å². The van der Waals surface area contributed by atoms with Gasteiger partial charge < -0.3 is 9.84 Å².